The van der Waals surface area contributed by atoms with E-state index >= 15 is 4.39 Å². The van der Waals surface area contributed by atoms with Gasteiger partial charge in [-0.25, -0.2) is 13.8 Å². The molecule has 38 heavy (non-hydrogen) atoms. The van der Waals surface area contributed by atoms with E-state index in [4.69, 9.17) is 0 Å². The highest BCUT2D eigenvalue weighted by Crippen LogP contribution is 2.34. The van der Waals surface area contributed by atoms with Crippen LogP contribution < -0.4 is 5.32 Å². The Labute approximate surface area is 214 Å². The first-order valence-electron chi connectivity index (χ1n) is 11.8. The second kappa shape index (κ2) is 9.11. The molecule has 0 bridgehead atoms. The van der Waals surface area contributed by atoms with Gasteiger partial charge >= 0.3 is 0 Å². The number of halogens is 2. The van der Waals surface area contributed by atoms with Gasteiger partial charge in [0.05, 0.1) is 46.2 Å². The van der Waals surface area contributed by atoms with Crippen molar-refractivity contribution in [3.05, 3.63) is 73.0 Å². The molecular formula is C27H20F2N8O. The largest absolute Gasteiger partial charge is 0.335 e. The van der Waals surface area contributed by atoms with Crippen LogP contribution in [0.3, 0.4) is 0 Å². The number of amides is 1. The molecule has 0 radical (unpaired) electrons. The Kier molecular flexibility index (Phi) is 5.60. The number of benzene rings is 1. The fraction of sp³-hybridized carbons (Fsp3) is 0.111. The van der Waals surface area contributed by atoms with E-state index in [1.165, 1.54) is 30.7 Å². The third-order valence-electron chi connectivity index (χ3n) is 6.10. The predicted molar refractivity (Wildman–Crippen MR) is 139 cm³/mol. The minimum absolute atomic E-state index is 0.0477. The van der Waals surface area contributed by atoms with E-state index in [9.17, 15) is 9.18 Å². The second-order valence-electron chi connectivity index (χ2n) is 9.07. The molecule has 3 N–H and O–H groups in total. The summed E-state index contributed by atoms with van der Waals surface area (Å²) in [4.78, 5) is 32.6. The van der Waals surface area contributed by atoms with Crippen LogP contribution in [0.2, 0.25) is 0 Å². The number of fused-ring (bicyclic) bond motifs is 2. The molecule has 1 amide bonds. The predicted octanol–water partition coefficient (Wildman–Crippen LogP) is 5.50. The zero-order chi connectivity index (χ0) is 26.4. The second-order valence-corrected chi connectivity index (χ2v) is 9.07. The van der Waals surface area contributed by atoms with E-state index in [1.54, 1.807) is 44.4 Å². The number of hydrogen-bond acceptors (Lipinski definition) is 6. The smallest absolute Gasteiger partial charge is 0.226 e. The van der Waals surface area contributed by atoms with Gasteiger partial charge < -0.3 is 10.3 Å². The quantitative estimate of drug-likeness (QED) is 0.281. The van der Waals surface area contributed by atoms with E-state index < -0.39 is 5.82 Å². The maximum Gasteiger partial charge on any atom is 0.226 e. The summed E-state index contributed by atoms with van der Waals surface area (Å²) in [6.07, 6.45) is 7.63. The van der Waals surface area contributed by atoms with E-state index in [1.807, 2.05) is 0 Å². The first-order valence-corrected chi connectivity index (χ1v) is 11.8. The number of carbonyl (C=O) groups excluding carboxylic acids is 1. The standard InChI is InChI=1S/C27H20F2N8O/c1-13(2)27(38)33-17-7-15(8-30-9-17)23-22(29)21-19(12-32-23)36-37-25(21)26-34-20-11-31-10-18(24(20)35-26)14-4-3-5-16(28)6-14/h3-13H,1-2H3,(H,33,38)(H,34,35)(H,36,37). The molecule has 0 saturated heterocycles. The highest BCUT2D eigenvalue weighted by Gasteiger charge is 2.22. The molecule has 9 nitrogen and oxygen atoms in total. The normalized spacial score (nSPS) is 11.5. The molecule has 0 aliphatic carbocycles. The van der Waals surface area contributed by atoms with Gasteiger partial charge in [0.2, 0.25) is 5.91 Å². The molecule has 0 fully saturated rings. The van der Waals surface area contributed by atoms with Crippen molar-refractivity contribution >= 4 is 33.5 Å². The molecule has 0 unspecified atom stereocenters. The Balaban J connectivity index is 1.45. The molecule has 1 aromatic carbocycles. The number of aromatic nitrogens is 7. The van der Waals surface area contributed by atoms with Gasteiger partial charge in [0.1, 0.15) is 17.2 Å². The van der Waals surface area contributed by atoms with Crippen LogP contribution in [0.1, 0.15) is 13.8 Å². The van der Waals surface area contributed by atoms with Gasteiger partial charge in [-0.3, -0.25) is 24.8 Å². The Morgan fingerprint density at radius 2 is 1.79 bits per heavy atom. The third-order valence-corrected chi connectivity index (χ3v) is 6.10. The van der Waals surface area contributed by atoms with Crippen LogP contribution in [0.5, 0.6) is 0 Å². The number of nitrogens with one attached hydrogen (secondary N) is 3. The van der Waals surface area contributed by atoms with Gasteiger partial charge in [0.25, 0.3) is 0 Å². The summed E-state index contributed by atoms with van der Waals surface area (Å²) in [7, 11) is 0. The van der Waals surface area contributed by atoms with Crippen LogP contribution in [0.25, 0.3) is 55.8 Å². The lowest BCUT2D eigenvalue weighted by atomic mass is 10.1. The monoisotopic (exact) mass is 510 g/mol. The van der Waals surface area contributed by atoms with Crippen molar-refractivity contribution in [2.75, 3.05) is 5.32 Å². The van der Waals surface area contributed by atoms with Gasteiger partial charge in [-0.05, 0) is 23.8 Å². The van der Waals surface area contributed by atoms with Crippen LogP contribution in [0, 0.1) is 17.6 Å². The van der Waals surface area contributed by atoms with E-state index in [2.05, 4.69) is 40.4 Å². The number of H-pyrrole nitrogens is 2. The van der Waals surface area contributed by atoms with Crippen LogP contribution in [0.4, 0.5) is 14.5 Å². The topological polar surface area (TPSA) is 125 Å². The molecular weight excluding hydrogens is 490 g/mol. The fourth-order valence-corrected chi connectivity index (χ4v) is 4.18. The number of pyridine rings is 3. The lowest BCUT2D eigenvalue weighted by molar-refractivity contribution is -0.118. The molecule has 0 spiro atoms. The number of imidazole rings is 1. The molecule has 0 atom stereocenters. The number of nitrogens with zero attached hydrogens (tertiary/aromatic N) is 5. The van der Waals surface area contributed by atoms with Crippen LogP contribution in [0.15, 0.2) is 61.3 Å². The first kappa shape index (κ1) is 23.3. The minimum atomic E-state index is -0.621. The molecule has 0 aliphatic heterocycles. The average Bonchev–Trinajstić information content (AvgIpc) is 3.53. The maximum absolute atomic E-state index is 16.0. The summed E-state index contributed by atoms with van der Waals surface area (Å²) in [5.74, 6) is -1.09. The maximum atomic E-state index is 16.0. The van der Waals surface area contributed by atoms with Crippen molar-refractivity contribution < 1.29 is 13.6 Å². The zero-order valence-corrected chi connectivity index (χ0v) is 20.3. The van der Waals surface area contributed by atoms with Crippen molar-refractivity contribution in [2.45, 2.75) is 13.8 Å². The molecule has 11 heteroatoms. The van der Waals surface area contributed by atoms with Crippen LogP contribution in [-0.2, 0) is 4.79 Å². The average molecular weight is 511 g/mol. The molecule has 5 heterocycles. The number of anilines is 1. The third kappa shape index (κ3) is 4.03. The van der Waals surface area contributed by atoms with E-state index in [0.717, 1.165) is 0 Å². The van der Waals surface area contributed by atoms with Crippen LogP contribution in [-0.4, -0.2) is 41.0 Å². The minimum Gasteiger partial charge on any atom is -0.335 e. The number of rotatable bonds is 5. The van der Waals surface area contributed by atoms with Crippen molar-refractivity contribution in [1.29, 1.82) is 0 Å². The molecule has 6 rings (SSSR count). The summed E-state index contributed by atoms with van der Waals surface area (Å²) >= 11 is 0. The Morgan fingerprint density at radius 1 is 0.947 bits per heavy atom. The summed E-state index contributed by atoms with van der Waals surface area (Å²) in [5.41, 5.74) is 3.87. The Morgan fingerprint density at radius 3 is 2.61 bits per heavy atom. The molecule has 0 aliphatic rings. The number of carbonyl (C=O) groups is 1. The highest BCUT2D eigenvalue weighted by atomic mass is 19.1. The van der Waals surface area contributed by atoms with Crippen molar-refractivity contribution in [1.82, 2.24) is 35.1 Å². The summed E-state index contributed by atoms with van der Waals surface area (Å²) in [6, 6.07) is 7.75. The SMILES string of the molecule is CC(C)C(=O)Nc1cncc(-c2ncc3[nH]nc(-c4nc5c(-c6cccc(F)c6)cncc5[nH]4)c3c2F)c1. The van der Waals surface area contributed by atoms with Crippen molar-refractivity contribution in [3.8, 4) is 33.9 Å². The number of hydrogen-bond donors (Lipinski definition) is 3. The van der Waals surface area contributed by atoms with Gasteiger partial charge in [0.15, 0.2) is 11.6 Å². The van der Waals surface area contributed by atoms with Crippen LogP contribution >= 0.6 is 0 Å². The van der Waals surface area contributed by atoms with Gasteiger partial charge in [-0.2, -0.15) is 5.10 Å². The van der Waals surface area contributed by atoms with Gasteiger partial charge in [0, 0.05) is 29.4 Å². The molecule has 6 aromatic rings. The van der Waals surface area contributed by atoms with Crippen molar-refractivity contribution in [2.24, 2.45) is 5.92 Å². The first-order chi connectivity index (χ1) is 18.4. The summed E-state index contributed by atoms with van der Waals surface area (Å²) in [5, 5.41) is 10.1. The van der Waals surface area contributed by atoms with E-state index in [-0.39, 0.29) is 34.4 Å². The van der Waals surface area contributed by atoms with E-state index in [0.29, 0.717) is 44.8 Å². The van der Waals surface area contributed by atoms with Gasteiger partial charge in [-0.1, -0.05) is 26.0 Å². The Hall–Kier alpha value is -5.06. The molecule has 188 valence electrons. The molecule has 5 aromatic heterocycles. The molecule has 0 saturated carbocycles. The summed E-state index contributed by atoms with van der Waals surface area (Å²) < 4.78 is 29.8. The fourth-order valence-electron chi connectivity index (χ4n) is 4.18. The number of aromatic amines is 2. The Bertz CT molecular complexity index is 1840. The van der Waals surface area contributed by atoms with Crippen molar-refractivity contribution in [3.63, 3.8) is 0 Å². The highest BCUT2D eigenvalue weighted by molar-refractivity contribution is 5.98. The lowest BCUT2D eigenvalue weighted by Gasteiger charge is -2.09. The van der Waals surface area contributed by atoms with Gasteiger partial charge in [-0.15, -0.1) is 0 Å². The zero-order valence-electron chi connectivity index (χ0n) is 20.3. The summed E-state index contributed by atoms with van der Waals surface area (Å²) in [6.45, 7) is 3.55. The lowest BCUT2D eigenvalue weighted by Crippen LogP contribution is -2.17.